The first-order valence-corrected chi connectivity index (χ1v) is 9.20. The van der Waals surface area contributed by atoms with Crippen LogP contribution in [-0.2, 0) is 24.3 Å². The van der Waals surface area contributed by atoms with Gasteiger partial charge in [-0.3, -0.25) is 4.72 Å². The van der Waals surface area contributed by atoms with Gasteiger partial charge in [0, 0.05) is 12.1 Å². The van der Waals surface area contributed by atoms with E-state index in [4.69, 9.17) is 9.47 Å². The Morgan fingerprint density at radius 3 is 2.41 bits per heavy atom. The highest BCUT2D eigenvalue weighted by atomic mass is 32.2. The number of ether oxygens (including phenoxy) is 2. The smallest absolute Gasteiger partial charge is 0.347 e. The van der Waals surface area contributed by atoms with E-state index in [2.05, 4.69) is 4.72 Å². The lowest BCUT2D eigenvalue weighted by Crippen LogP contribution is -2.22. The van der Waals surface area contributed by atoms with E-state index >= 15 is 0 Å². The second-order valence-electron chi connectivity index (χ2n) is 5.61. The first-order valence-electron chi connectivity index (χ1n) is 7.72. The number of hydrogen-bond acceptors (Lipinski definition) is 6. The van der Waals surface area contributed by atoms with E-state index < -0.39 is 44.6 Å². The lowest BCUT2D eigenvalue weighted by Gasteiger charge is -2.10. The zero-order valence-corrected chi connectivity index (χ0v) is 14.5. The van der Waals surface area contributed by atoms with Gasteiger partial charge in [0.2, 0.25) is 6.10 Å². The third-order valence-corrected chi connectivity index (χ3v) is 5.09. The molecule has 142 valence electrons. The monoisotopic (exact) mass is 397 g/mol. The number of halogens is 2. The number of rotatable bonds is 5. The fourth-order valence-corrected chi connectivity index (χ4v) is 3.38. The fraction of sp³-hybridized carbons (Fsp3) is 0.176. The van der Waals surface area contributed by atoms with Gasteiger partial charge >= 0.3 is 11.9 Å². The fourth-order valence-electron chi connectivity index (χ4n) is 2.31. The van der Waals surface area contributed by atoms with Crippen molar-refractivity contribution in [2.45, 2.75) is 17.4 Å². The van der Waals surface area contributed by atoms with Crippen molar-refractivity contribution in [3.05, 3.63) is 59.7 Å². The highest BCUT2D eigenvalue weighted by Gasteiger charge is 2.30. The van der Waals surface area contributed by atoms with E-state index in [0.717, 1.165) is 6.07 Å². The number of cyclic esters (lactones) is 1. The normalized spacial score (nSPS) is 16.7. The standard InChI is InChI=1S/C17H13F2NO6S/c18-13-6-5-12(9-14(13)19)27(23,24)20-11-3-1-10(2-4-11)16(21)26-15-7-8-25-17(15)22/h1-6,9,15,20H,7-8H2. The number of carbonyl (C=O) groups excluding carboxylic acids is 2. The maximum Gasteiger partial charge on any atom is 0.347 e. The number of carbonyl (C=O) groups is 2. The molecule has 1 aliphatic heterocycles. The Balaban J connectivity index is 1.70. The van der Waals surface area contributed by atoms with Crippen molar-refractivity contribution in [3.63, 3.8) is 0 Å². The number of esters is 2. The highest BCUT2D eigenvalue weighted by Crippen LogP contribution is 2.20. The number of anilines is 1. The van der Waals surface area contributed by atoms with Crippen LogP contribution in [0.4, 0.5) is 14.5 Å². The Morgan fingerprint density at radius 2 is 1.81 bits per heavy atom. The largest absolute Gasteiger partial charge is 0.463 e. The van der Waals surface area contributed by atoms with Crippen molar-refractivity contribution in [3.8, 4) is 0 Å². The van der Waals surface area contributed by atoms with Crippen LogP contribution in [-0.4, -0.2) is 33.1 Å². The maximum atomic E-state index is 13.2. The molecule has 1 unspecified atom stereocenters. The molecule has 1 fully saturated rings. The van der Waals surface area contributed by atoms with Gasteiger partial charge in [-0.15, -0.1) is 0 Å². The zero-order chi connectivity index (χ0) is 19.6. The minimum atomic E-state index is -4.15. The van der Waals surface area contributed by atoms with Gasteiger partial charge in [0.1, 0.15) is 0 Å². The Morgan fingerprint density at radius 1 is 1.11 bits per heavy atom. The summed E-state index contributed by atoms with van der Waals surface area (Å²) in [4.78, 5) is 22.8. The van der Waals surface area contributed by atoms with Crippen molar-refractivity contribution >= 4 is 27.6 Å². The molecule has 0 aromatic heterocycles. The quantitative estimate of drug-likeness (QED) is 0.777. The first-order chi connectivity index (χ1) is 12.8. The molecule has 2 aromatic rings. The Hall–Kier alpha value is -3.01. The van der Waals surface area contributed by atoms with E-state index in [1.165, 1.54) is 24.3 Å². The van der Waals surface area contributed by atoms with Crippen molar-refractivity contribution in [2.24, 2.45) is 0 Å². The molecule has 2 aromatic carbocycles. The van der Waals surface area contributed by atoms with Crippen LogP contribution in [0.3, 0.4) is 0 Å². The van der Waals surface area contributed by atoms with Gasteiger partial charge in [0.05, 0.1) is 17.1 Å². The summed E-state index contributed by atoms with van der Waals surface area (Å²) in [5.41, 5.74) is 0.196. The van der Waals surface area contributed by atoms with Gasteiger partial charge in [0.25, 0.3) is 10.0 Å². The predicted octanol–water partition coefficient (Wildman–Crippen LogP) is 2.24. The van der Waals surface area contributed by atoms with E-state index in [1.54, 1.807) is 0 Å². The summed E-state index contributed by atoms with van der Waals surface area (Å²) in [6.07, 6.45) is -0.680. The maximum absolute atomic E-state index is 13.2. The van der Waals surface area contributed by atoms with E-state index in [-0.39, 0.29) is 24.3 Å². The molecule has 0 aliphatic carbocycles. The van der Waals surface area contributed by atoms with Crippen LogP contribution in [0.2, 0.25) is 0 Å². The Labute approximate surface area is 152 Å². The molecule has 1 saturated heterocycles. The zero-order valence-electron chi connectivity index (χ0n) is 13.6. The van der Waals surface area contributed by atoms with Crippen molar-refractivity contribution in [2.75, 3.05) is 11.3 Å². The second kappa shape index (κ2) is 7.31. The number of nitrogens with one attached hydrogen (secondary N) is 1. The lowest BCUT2D eigenvalue weighted by molar-refractivity contribution is -0.145. The third kappa shape index (κ3) is 4.22. The summed E-state index contributed by atoms with van der Waals surface area (Å²) in [6.45, 7) is 0.182. The molecular weight excluding hydrogens is 384 g/mol. The molecule has 0 amide bonds. The molecule has 0 bridgehead atoms. The predicted molar refractivity (Wildman–Crippen MR) is 88.4 cm³/mol. The van der Waals surface area contributed by atoms with Gasteiger partial charge in [-0.1, -0.05) is 0 Å². The van der Waals surface area contributed by atoms with Gasteiger partial charge in [-0.25, -0.2) is 26.8 Å². The minimum Gasteiger partial charge on any atom is -0.463 e. The molecule has 1 N–H and O–H groups in total. The van der Waals surface area contributed by atoms with E-state index in [0.29, 0.717) is 12.1 Å². The molecule has 27 heavy (non-hydrogen) atoms. The summed E-state index contributed by atoms with van der Waals surface area (Å²) < 4.78 is 62.5. The first kappa shape index (κ1) is 18.8. The lowest BCUT2D eigenvalue weighted by atomic mass is 10.2. The van der Waals surface area contributed by atoms with Gasteiger partial charge < -0.3 is 9.47 Å². The van der Waals surface area contributed by atoms with Crippen LogP contribution >= 0.6 is 0 Å². The van der Waals surface area contributed by atoms with Crippen LogP contribution in [0.15, 0.2) is 47.4 Å². The van der Waals surface area contributed by atoms with Crippen LogP contribution in [0.1, 0.15) is 16.8 Å². The van der Waals surface area contributed by atoms with Crippen molar-refractivity contribution < 1.29 is 36.3 Å². The summed E-state index contributed by atoms with van der Waals surface area (Å²) in [7, 11) is -4.15. The molecule has 10 heteroatoms. The van der Waals surface area contributed by atoms with Gasteiger partial charge in [-0.05, 0) is 42.5 Å². The Kier molecular flexibility index (Phi) is 5.08. The average Bonchev–Trinajstić information content (AvgIpc) is 3.02. The molecular formula is C17H13F2NO6S. The molecule has 1 aliphatic rings. The number of benzene rings is 2. The topological polar surface area (TPSA) is 98.8 Å². The van der Waals surface area contributed by atoms with Crippen LogP contribution < -0.4 is 4.72 Å². The molecule has 0 spiro atoms. The summed E-state index contributed by atoms with van der Waals surface area (Å²) in [5.74, 6) is -3.82. The minimum absolute atomic E-state index is 0.0940. The van der Waals surface area contributed by atoms with Crippen LogP contribution in [0.5, 0.6) is 0 Å². The summed E-state index contributed by atoms with van der Waals surface area (Å²) >= 11 is 0. The van der Waals surface area contributed by atoms with Crippen LogP contribution in [0.25, 0.3) is 0 Å². The van der Waals surface area contributed by atoms with Gasteiger partial charge in [0.15, 0.2) is 11.6 Å². The number of sulfonamides is 1. The molecule has 7 nitrogen and oxygen atoms in total. The molecule has 1 heterocycles. The highest BCUT2D eigenvalue weighted by molar-refractivity contribution is 7.92. The van der Waals surface area contributed by atoms with Gasteiger partial charge in [-0.2, -0.15) is 0 Å². The second-order valence-corrected chi connectivity index (χ2v) is 7.29. The summed E-state index contributed by atoms with van der Waals surface area (Å²) in [6, 6.07) is 7.37. The summed E-state index contributed by atoms with van der Waals surface area (Å²) in [5, 5.41) is 0. The van der Waals surface area contributed by atoms with Crippen LogP contribution in [0, 0.1) is 11.6 Å². The number of hydrogen-bond donors (Lipinski definition) is 1. The van der Waals surface area contributed by atoms with Crippen molar-refractivity contribution in [1.29, 1.82) is 0 Å². The van der Waals surface area contributed by atoms with E-state index in [1.807, 2.05) is 0 Å². The molecule has 1 atom stereocenters. The SMILES string of the molecule is O=C(OC1CCOC1=O)c1ccc(NS(=O)(=O)c2ccc(F)c(F)c2)cc1. The third-order valence-electron chi connectivity index (χ3n) is 3.71. The van der Waals surface area contributed by atoms with Crippen molar-refractivity contribution in [1.82, 2.24) is 0 Å². The molecule has 0 radical (unpaired) electrons. The molecule has 3 rings (SSSR count). The van der Waals surface area contributed by atoms with E-state index in [9.17, 15) is 26.8 Å². The molecule has 0 saturated carbocycles. The Bertz CT molecular complexity index is 991. The average molecular weight is 397 g/mol.